The molecule has 2 aromatic rings. The maximum Gasteiger partial charge on any atom is 0.250 e. The summed E-state index contributed by atoms with van der Waals surface area (Å²) >= 11 is 0. The lowest BCUT2D eigenvalue weighted by Crippen LogP contribution is -2.34. The summed E-state index contributed by atoms with van der Waals surface area (Å²) in [5.41, 5.74) is 8.26. The predicted molar refractivity (Wildman–Crippen MR) is 92.0 cm³/mol. The van der Waals surface area contributed by atoms with Crippen LogP contribution in [0.5, 0.6) is 0 Å². The van der Waals surface area contributed by atoms with Crippen LogP contribution in [0.4, 0.5) is 11.5 Å². The minimum Gasteiger partial charge on any atom is -0.374 e. The number of nitrogens with zero attached hydrogens (tertiary/aromatic N) is 3. The number of nitrogens with one attached hydrogen (secondary N) is 1. The van der Waals surface area contributed by atoms with Gasteiger partial charge in [0.05, 0.1) is 5.69 Å². The Labute approximate surface area is 140 Å². The molecule has 3 rings (SSSR count). The number of nitrogens with two attached hydrogens (primary N) is 1. The average Bonchev–Trinajstić information content (AvgIpc) is 3.03. The van der Waals surface area contributed by atoms with E-state index in [2.05, 4.69) is 10.4 Å². The fourth-order valence-electron chi connectivity index (χ4n) is 3.07. The molecule has 0 spiro atoms. The highest BCUT2D eigenvalue weighted by Crippen LogP contribution is 2.25. The Morgan fingerprint density at radius 2 is 2.08 bits per heavy atom. The lowest BCUT2D eigenvalue weighted by atomic mass is 10.1. The number of primary amides is 1. The van der Waals surface area contributed by atoms with E-state index < -0.39 is 5.91 Å². The number of hydrogen-bond acceptors (Lipinski definition) is 4. The standard InChI is InChI=1S/C17H21N5O2/c1-10-4-5-12(9-13(10)16(18)23)19-14-6-7-22(17(14)24)15-8-11(2)20-21(15)3/h4-5,8-9,14,19H,6-7H2,1-3H3,(H2,18,23). The first kappa shape index (κ1) is 16.0. The predicted octanol–water partition coefficient (Wildman–Crippen LogP) is 1.35. The molecule has 0 radical (unpaired) electrons. The maximum atomic E-state index is 12.7. The van der Waals surface area contributed by atoms with E-state index in [1.54, 1.807) is 15.6 Å². The summed E-state index contributed by atoms with van der Waals surface area (Å²) in [6.07, 6.45) is 0.683. The lowest BCUT2D eigenvalue weighted by molar-refractivity contribution is -0.117. The fourth-order valence-corrected chi connectivity index (χ4v) is 3.07. The van der Waals surface area contributed by atoms with E-state index in [1.807, 2.05) is 39.1 Å². The van der Waals surface area contributed by atoms with Gasteiger partial charge in [-0.2, -0.15) is 5.10 Å². The van der Waals surface area contributed by atoms with E-state index >= 15 is 0 Å². The first-order chi connectivity index (χ1) is 11.4. The van der Waals surface area contributed by atoms with Gasteiger partial charge in [-0.25, -0.2) is 0 Å². The minimum absolute atomic E-state index is 0.000741. The van der Waals surface area contributed by atoms with Gasteiger partial charge in [0.15, 0.2) is 0 Å². The van der Waals surface area contributed by atoms with Gasteiger partial charge < -0.3 is 11.1 Å². The van der Waals surface area contributed by atoms with Gasteiger partial charge >= 0.3 is 0 Å². The summed E-state index contributed by atoms with van der Waals surface area (Å²) in [6.45, 7) is 4.36. The number of aromatic nitrogens is 2. The molecule has 1 aromatic heterocycles. The number of carbonyl (C=O) groups is 2. The van der Waals surface area contributed by atoms with Gasteiger partial charge in [0.25, 0.3) is 5.91 Å². The number of hydrogen-bond donors (Lipinski definition) is 2. The van der Waals surface area contributed by atoms with Crippen molar-refractivity contribution in [2.75, 3.05) is 16.8 Å². The summed E-state index contributed by atoms with van der Waals surface area (Å²) in [5.74, 6) is 0.323. The van der Waals surface area contributed by atoms with E-state index in [4.69, 9.17) is 5.73 Å². The van der Waals surface area contributed by atoms with Crippen molar-refractivity contribution in [2.24, 2.45) is 12.8 Å². The largest absolute Gasteiger partial charge is 0.374 e. The van der Waals surface area contributed by atoms with Crippen LogP contribution in [0.3, 0.4) is 0 Å². The highest BCUT2D eigenvalue weighted by molar-refractivity contribution is 6.01. The van der Waals surface area contributed by atoms with Crippen LogP contribution in [0, 0.1) is 13.8 Å². The first-order valence-electron chi connectivity index (χ1n) is 7.86. The molecule has 1 saturated heterocycles. The Morgan fingerprint density at radius 1 is 1.33 bits per heavy atom. The normalized spacial score (nSPS) is 17.4. The van der Waals surface area contributed by atoms with Crippen molar-refractivity contribution in [3.8, 4) is 0 Å². The first-order valence-corrected chi connectivity index (χ1v) is 7.86. The number of benzene rings is 1. The minimum atomic E-state index is -0.471. The highest BCUT2D eigenvalue weighted by Gasteiger charge is 2.34. The Bertz CT molecular complexity index is 811. The van der Waals surface area contributed by atoms with Crippen LogP contribution in [0.25, 0.3) is 0 Å². The smallest absolute Gasteiger partial charge is 0.250 e. The van der Waals surface area contributed by atoms with Crippen molar-refractivity contribution in [3.05, 3.63) is 41.1 Å². The number of amides is 2. The van der Waals surface area contributed by atoms with Crippen molar-refractivity contribution >= 4 is 23.3 Å². The Kier molecular flexibility index (Phi) is 4.01. The van der Waals surface area contributed by atoms with Gasteiger partial charge in [-0.05, 0) is 38.0 Å². The second kappa shape index (κ2) is 5.99. The van der Waals surface area contributed by atoms with Crippen LogP contribution >= 0.6 is 0 Å². The van der Waals surface area contributed by atoms with Gasteiger partial charge in [-0.3, -0.25) is 19.2 Å². The maximum absolute atomic E-state index is 12.7. The molecular weight excluding hydrogens is 306 g/mol. The lowest BCUT2D eigenvalue weighted by Gasteiger charge is -2.18. The van der Waals surface area contributed by atoms with E-state index in [0.29, 0.717) is 18.5 Å². The molecule has 1 fully saturated rings. The van der Waals surface area contributed by atoms with Crippen LogP contribution in [0.15, 0.2) is 24.3 Å². The summed E-state index contributed by atoms with van der Waals surface area (Å²) in [7, 11) is 1.83. The molecule has 1 unspecified atom stereocenters. The van der Waals surface area contributed by atoms with E-state index in [0.717, 1.165) is 22.8 Å². The summed E-state index contributed by atoms with van der Waals surface area (Å²) in [5, 5.41) is 7.50. The molecule has 3 N–H and O–H groups in total. The topological polar surface area (TPSA) is 93.3 Å². The van der Waals surface area contributed by atoms with E-state index in [9.17, 15) is 9.59 Å². The molecule has 1 aromatic carbocycles. The molecule has 0 aliphatic carbocycles. The monoisotopic (exact) mass is 327 g/mol. The summed E-state index contributed by atoms with van der Waals surface area (Å²) in [4.78, 5) is 25.9. The summed E-state index contributed by atoms with van der Waals surface area (Å²) < 4.78 is 1.71. The van der Waals surface area contributed by atoms with Crippen molar-refractivity contribution in [3.63, 3.8) is 0 Å². The van der Waals surface area contributed by atoms with Gasteiger partial charge in [0.2, 0.25) is 5.91 Å². The van der Waals surface area contributed by atoms with Gasteiger partial charge in [0, 0.05) is 30.9 Å². The second-order valence-electron chi connectivity index (χ2n) is 6.14. The van der Waals surface area contributed by atoms with Crippen LogP contribution in [-0.2, 0) is 11.8 Å². The third-order valence-corrected chi connectivity index (χ3v) is 4.30. The van der Waals surface area contributed by atoms with Gasteiger partial charge in [-0.15, -0.1) is 0 Å². The second-order valence-corrected chi connectivity index (χ2v) is 6.14. The molecule has 24 heavy (non-hydrogen) atoms. The zero-order valence-electron chi connectivity index (χ0n) is 14.0. The van der Waals surface area contributed by atoms with Gasteiger partial charge in [0.1, 0.15) is 11.9 Å². The Hall–Kier alpha value is -2.83. The molecule has 7 nitrogen and oxygen atoms in total. The molecule has 2 heterocycles. The fraction of sp³-hybridized carbons (Fsp3) is 0.353. The molecule has 126 valence electrons. The van der Waals surface area contributed by atoms with Crippen molar-refractivity contribution in [1.29, 1.82) is 0 Å². The molecule has 1 atom stereocenters. The van der Waals surface area contributed by atoms with Crippen LogP contribution < -0.4 is 16.0 Å². The number of rotatable bonds is 4. The van der Waals surface area contributed by atoms with E-state index in [-0.39, 0.29) is 11.9 Å². The number of aryl methyl sites for hydroxylation is 3. The quantitative estimate of drug-likeness (QED) is 0.886. The van der Waals surface area contributed by atoms with Crippen molar-refractivity contribution < 1.29 is 9.59 Å². The molecule has 1 aliphatic heterocycles. The zero-order valence-corrected chi connectivity index (χ0v) is 14.0. The molecule has 0 saturated carbocycles. The third-order valence-electron chi connectivity index (χ3n) is 4.30. The molecule has 0 bridgehead atoms. The molecule has 2 amide bonds. The number of carbonyl (C=O) groups excluding carboxylic acids is 2. The molecular formula is C17H21N5O2. The highest BCUT2D eigenvalue weighted by atomic mass is 16.2. The van der Waals surface area contributed by atoms with Crippen molar-refractivity contribution in [1.82, 2.24) is 9.78 Å². The van der Waals surface area contributed by atoms with Crippen molar-refractivity contribution in [2.45, 2.75) is 26.3 Å². The van der Waals surface area contributed by atoms with Crippen LogP contribution in [0.1, 0.15) is 28.0 Å². The van der Waals surface area contributed by atoms with Crippen LogP contribution in [0.2, 0.25) is 0 Å². The molecule has 7 heteroatoms. The van der Waals surface area contributed by atoms with Crippen LogP contribution in [-0.4, -0.2) is 34.2 Å². The summed E-state index contributed by atoms with van der Waals surface area (Å²) in [6, 6.07) is 6.94. The zero-order chi connectivity index (χ0) is 17.4. The Balaban J connectivity index is 1.78. The SMILES string of the molecule is Cc1cc(N2CCC(Nc3ccc(C)c(C(N)=O)c3)C2=O)n(C)n1. The number of anilines is 2. The average molecular weight is 327 g/mol. The third kappa shape index (κ3) is 2.84. The molecule has 1 aliphatic rings. The van der Waals surface area contributed by atoms with Gasteiger partial charge in [-0.1, -0.05) is 6.07 Å². The Morgan fingerprint density at radius 3 is 2.71 bits per heavy atom. The van der Waals surface area contributed by atoms with E-state index in [1.165, 1.54) is 0 Å².